The van der Waals surface area contributed by atoms with Crippen LogP contribution in [0.5, 0.6) is 11.5 Å². The summed E-state index contributed by atoms with van der Waals surface area (Å²) in [4.78, 5) is 31.0. The summed E-state index contributed by atoms with van der Waals surface area (Å²) in [5.41, 5.74) is 0.785. The van der Waals surface area contributed by atoms with E-state index in [0.29, 0.717) is 21.6 Å². The molecule has 2 rings (SSSR count). The fourth-order valence-electron chi connectivity index (χ4n) is 2.49. The normalized spacial score (nSPS) is 17.1. The van der Waals surface area contributed by atoms with Crippen molar-refractivity contribution in [2.45, 2.75) is 39.8 Å². The quantitative estimate of drug-likeness (QED) is 0.511. The van der Waals surface area contributed by atoms with Gasteiger partial charge in [0.25, 0.3) is 5.91 Å². The van der Waals surface area contributed by atoms with Gasteiger partial charge in [0.1, 0.15) is 0 Å². The zero-order valence-corrected chi connectivity index (χ0v) is 17.8. The summed E-state index contributed by atoms with van der Waals surface area (Å²) < 4.78 is 15.3. The molecule has 0 spiro atoms. The summed E-state index contributed by atoms with van der Waals surface area (Å²) in [5, 5.41) is 0.714. The Balaban J connectivity index is 2.29. The van der Waals surface area contributed by atoms with Crippen LogP contribution in [0.2, 0.25) is 0 Å². The molecule has 0 aliphatic carbocycles. The zero-order valence-electron chi connectivity index (χ0n) is 17.0. The molecule has 1 fully saturated rings. The Morgan fingerprint density at radius 1 is 1.21 bits per heavy atom. The zero-order chi connectivity index (χ0) is 20.8. The first-order chi connectivity index (χ1) is 13.3. The number of carbonyl (C=O) groups is 2. The van der Waals surface area contributed by atoms with Gasteiger partial charge in [-0.3, -0.25) is 14.7 Å². The maximum Gasteiger partial charge on any atom is 0.343 e. The van der Waals surface area contributed by atoms with Gasteiger partial charge >= 0.3 is 5.97 Å². The van der Waals surface area contributed by atoms with Gasteiger partial charge in [-0.2, -0.15) is 0 Å². The van der Waals surface area contributed by atoms with Gasteiger partial charge in [0, 0.05) is 12.1 Å². The molecule has 1 aliphatic heterocycles. The summed E-state index contributed by atoms with van der Waals surface area (Å²) in [6, 6.07) is 5.37. The highest BCUT2D eigenvalue weighted by Gasteiger charge is 2.35. The number of methoxy groups -OCH3 is 2. The van der Waals surface area contributed by atoms with Gasteiger partial charge in [0.05, 0.1) is 19.1 Å². The van der Waals surface area contributed by atoms with Crippen LogP contribution in [0.25, 0.3) is 6.08 Å². The Labute approximate surface area is 169 Å². The number of carbonyl (C=O) groups excluding carboxylic acids is 2. The monoisotopic (exact) mass is 406 g/mol. The molecule has 1 aromatic rings. The van der Waals surface area contributed by atoms with Gasteiger partial charge in [-0.15, -0.1) is 0 Å². The third-order valence-corrected chi connectivity index (χ3v) is 4.78. The molecule has 1 saturated heterocycles. The summed E-state index contributed by atoms with van der Waals surface area (Å²) in [6.07, 6.45) is 1.80. The summed E-state index contributed by atoms with van der Waals surface area (Å²) in [6.45, 7) is 7.69. The molecular formula is C20H26N2O5S. The summed E-state index contributed by atoms with van der Waals surface area (Å²) in [7, 11) is 2.81. The number of thioether (sulfide) groups is 1. The highest BCUT2D eigenvalue weighted by atomic mass is 32.2. The van der Waals surface area contributed by atoms with Crippen molar-refractivity contribution in [2.75, 3.05) is 20.8 Å². The number of esters is 1. The SMILES string of the molecule is COC(=O)COc1ccc(/C=C2/SC(=NC(C)C)N(C(C)C)C2=O)cc1OC. The number of nitrogens with zero attached hydrogens (tertiary/aromatic N) is 2. The van der Waals surface area contributed by atoms with Crippen LogP contribution >= 0.6 is 11.8 Å². The number of hydrogen-bond acceptors (Lipinski definition) is 7. The first-order valence-corrected chi connectivity index (χ1v) is 9.77. The van der Waals surface area contributed by atoms with Gasteiger partial charge in [-0.1, -0.05) is 6.07 Å². The van der Waals surface area contributed by atoms with Crippen molar-refractivity contribution in [1.29, 1.82) is 0 Å². The Bertz CT molecular complexity index is 802. The molecule has 28 heavy (non-hydrogen) atoms. The van der Waals surface area contributed by atoms with E-state index in [9.17, 15) is 9.59 Å². The van der Waals surface area contributed by atoms with Crippen LogP contribution in [0.4, 0.5) is 0 Å². The van der Waals surface area contributed by atoms with Gasteiger partial charge < -0.3 is 14.2 Å². The fraction of sp³-hybridized carbons (Fsp3) is 0.450. The van der Waals surface area contributed by atoms with Crippen LogP contribution in [-0.2, 0) is 14.3 Å². The fourth-order valence-corrected chi connectivity index (χ4v) is 3.73. The molecule has 1 heterocycles. The Morgan fingerprint density at radius 2 is 1.93 bits per heavy atom. The lowest BCUT2D eigenvalue weighted by atomic mass is 10.1. The number of aliphatic imine (C=N–C) groups is 1. The lowest BCUT2D eigenvalue weighted by Gasteiger charge is -2.20. The van der Waals surface area contributed by atoms with Crippen molar-refractivity contribution in [2.24, 2.45) is 4.99 Å². The molecule has 7 nitrogen and oxygen atoms in total. The second-order valence-electron chi connectivity index (χ2n) is 6.66. The molecule has 0 bridgehead atoms. The van der Waals surface area contributed by atoms with E-state index in [2.05, 4.69) is 9.73 Å². The molecule has 0 radical (unpaired) electrons. The standard InChI is InChI=1S/C20H26N2O5S/c1-12(2)21-20-22(13(3)4)19(24)17(28-20)10-14-7-8-15(16(9-14)25-5)27-11-18(23)26-6/h7-10,12-13H,11H2,1-6H3/b17-10+,21-20?. The highest BCUT2D eigenvalue weighted by molar-refractivity contribution is 8.18. The number of amides is 1. The van der Waals surface area contributed by atoms with E-state index in [1.54, 1.807) is 29.2 Å². The Hall–Kier alpha value is -2.48. The minimum atomic E-state index is -0.480. The number of hydrogen-bond donors (Lipinski definition) is 0. The predicted octanol–water partition coefficient (Wildman–Crippen LogP) is 3.34. The number of benzene rings is 1. The molecule has 0 atom stereocenters. The molecule has 8 heteroatoms. The van der Waals surface area contributed by atoms with Crippen molar-refractivity contribution in [1.82, 2.24) is 4.90 Å². The topological polar surface area (TPSA) is 77.4 Å². The van der Waals surface area contributed by atoms with E-state index in [-0.39, 0.29) is 24.6 Å². The van der Waals surface area contributed by atoms with E-state index in [1.165, 1.54) is 26.0 Å². The van der Waals surface area contributed by atoms with Crippen molar-refractivity contribution < 1.29 is 23.8 Å². The molecule has 1 aliphatic rings. The maximum absolute atomic E-state index is 12.8. The van der Waals surface area contributed by atoms with Crippen molar-refractivity contribution >= 4 is 34.9 Å². The molecule has 152 valence electrons. The minimum absolute atomic E-state index is 0.0204. The van der Waals surface area contributed by atoms with E-state index in [1.807, 2.05) is 27.7 Å². The smallest absolute Gasteiger partial charge is 0.343 e. The molecule has 0 unspecified atom stereocenters. The molecular weight excluding hydrogens is 380 g/mol. The van der Waals surface area contributed by atoms with Crippen LogP contribution in [0, 0.1) is 0 Å². The molecule has 1 amide bonds. The third-order valence-electron chi connectivity index (χ3n) is 3.78. The predicted molar refractivity (Wildman–Crippen MR) is 111 cm³/mol. The van der Waals surface area contributed by atoms with Crippen LogP contribution in [0.1, 0.15) is 33.3 Å². The van der Waals surface area contributed by atoms with Crippen molar-refractivity contribution in [3.05, 3.63) is 28.7 Å². The van der Waals surface area contributed by atoms with E-state index in [4.69, 9.17) is 9.47 Å². The van der Waals surface area contributed by atoms with Crippen LogP contribution in [-0.4, -0.2) is 54.9 Å². The maximum atomic E-state index is 12.8. The summed E-state index contributed by atoms with van der Waals surface area (Å²) >= 11 is 1.37. The summed E-state index contributed by atoms with van der Waals surface area (Å²) in [5.74, 6) is 0.341. The molecule has 0 aromatic heterocycles. The lowest BCUT2D eigenvalue weighted by molar-refractivity contribution is -0.142. The van der Waals surface area contributed by atoms with Gasteiger partial charge in [-0.25, -0.2) is 4.79 Å². The molecule has 0 saturated carbocycles. The average molecular weight is 407 g/mol. The Kier molecular flexibility index (Phi) is 7.51. The molecule has 1 aromatic carbocycles. The average Bonchev–Trinajstić information content (AvgIpc) is 2.94. The first kappa shape index (κ1) is 21.8. The highest BCUT2D eigenvalue weighted by Crippen LogP contribution is 2.36. The van der Waals surface area contributed by atoms with Gasteiger partial charge in [0.15, 0.2) is 23.3 Å². The second kappa shape index (κ2) is 9.64. The minimum Gasteiger partial charge on any atom is -0.493 e. The van der Waals surface area contributed by atoms with Crippen LogP contribution in [0.15, 0.2) is 28.1 Å². The third kappa shape index (κ3) is 5.28. The largest absolute Gasteiger partial charge is 0.493 e. The first-order valence-electron chi connectivity index (χ1n) is 8.95. The van der Waals surface area contributed by atoms with Crippen LogP contribution < -0.4 is 9.47 Å². The van der Waals surface area contributed by atoms with Crippen molar-refractivity contribution in [3.8, 4) is 11.5 Å². The number of amidine groups is 1. The van der Waals surface area contributed by atoms with Gasteiger partial charge in [-0.05, 0) is 63.2 Å². The second-order valence-corrected chi connectivity index (χ2v) is 7.67. The van der Waals surface area contributed by atoms with Gasteiger partial charge in [0.2, 0.25) is 0 Å². The Morgan fingerprint density at radius 3 is 2.50 bits per heavy atom. The number of rotatable bonds is 7. The van der Waals surface area contributed by atoms with Crippen molar-refractivity contribution in [3.63, 3.8) is 0 Å². The van der Waals surface area contributed by atoms with E-state index >= 15 is 0 Å². The van der Waals surface area contributed by atoms with Crippen LogP contribution in [0.3, 0.4) is 0 Å². The number of ether oxygens (including phenoxy) is 3. The lowest BCUT2D eigenvalue weighted by Crippen LogP contribution is -2.35. The molecule has 0 N–H and O–H groups in total. The van der Waals surface area contributed by atoms with E-state index in [0.717, 1.165) is 5.56 Å². The van der Waals surface area contributed by atoms with E-state index < -0.39 is 5.97 Å².